The molecule has 0 N–H and O–H groups in total. The van der Waals surface area contributed by atoms with Gasteiger partial charge in [0, 0.05) is 18.8 Å². The molecule has 1 saturated carbocycles. The minimum absolute atomic E-state index is 0.113. The second-order valence-corrected chi connectivity index (χ2v) is 9.31. The molecule has 0 saturated heterocycles. The largest absolute Gasteiger partial charge is 0.469 e. The predicted octanol–water partition coefficient (Wildman–Crippen LogP) is 8.05. The molecule has 1 aliphatic rings. The lowest BCUT2D eigenvalue weighted by Crippen LogP contribution is -2.11. The van der Waals surface area contributed by atoms with E-state index in [1.807, 2.05) is 6.92 Å². The molecule has 1 rings (SSSR count). The molecule has 5 heteroatoms. The summed E-state index contributed by atoms with van der Waals surface area (Å²) >= 11 is 2.32. The summed E-state index contributed by atoms with van der Waals surface area (Å²) in [5.74, 6) is 7.32. The van der Waals surface area contributed by atoms with Gasteiger partial charge in [0.05, 0.1) is 19.7 Å². The highest BCUT2D eigenvalue weighted by Crippen LogP contribution is 2.36. The molecule has 0 bridgehead atoms. The van der Waals surface area contributed by atoms with Crippen molar-refractivity contribution < 1.29 is 14.1 Å². The van der Waals surface area contributed by atoms with Gasteiger partial charge in [-0.3, -0.25) is 4.79 Å². The number of unbranched alkanes of at least 4 members (excludes halogenated alkanes) is 1. The molecule has 4 atom stereocenters. The van der Waals surface area contributed by atoms with Gasteiger partial charge in [0.15, 0.2) is 0 Å². The highest BCUT2D eigenvalue weighted by atomic mass is 127. The number of allylic oxidation sites excluding steroid dienone is 3. The standard InChI is InChI=1S/C14H22IOP.C10H18O2.C2H2/c1-3-4-7-12(2)8-5-9-13-10-6-11-14(13)16-17-15;1-4-9(2)7-5-6-8-10(11)12-3;1-2/h5,9,12-14,17H,6-8,10-11H2,1-2H3;7H,4-6,8H2,1-3H3;1-2H/b9-5+;;/t12?,13?,14-;;/m1../s1. The summed E-state index contributed by atoms with van der Waals surface area (Å²) in [5, 5.41) is 0. The first-order valence-corrected chi connectivity index (χ1v) is 15.1. The Bertz CT molecular complexity index is 586. The van der Waals surface area contributed by atoms with Crippen LogP contribution in [-0.4, -0.2) is 19.2 Å². The van der Waals surface area contributed by atoms with Crippen molar-refractivity contribution in [3.05, 3.63) is 23.8 Å². The summed E-state index contributed by atoms with van der Waals surface area (Å²) in [4.78, 5) is 10.7. The molecule has 1 aliphatic carbocycles. The number of hydrogen-bond acceptors (Lipinski definition) is 3. The Morgan fingerprint density at radius 2 is 2.06 bits per heavy atom. The third-order valence-electron chi connectivity index (χ3n) is 5.11. The van der Waals surface area contributed by atoms with Gasteiger partial charge in [-0.2, -0.15) is 0 Å². The average molecular weight is 560 g/mol. The van der Waals surface area contributed by atoms with E-state index in [0.29, 0.717) is 30.8 Å². The van der Waals surface area contributed by atoms with Crippen molar-refractivity contribution in [2.75, 3.05) is 7.11 Å². The molecule has 176 valence electrons. The van der Waals surface area contributed by atoms with Crippen molar-refractivity contribution in [2.24, 2.45) is 11.8 Å². The van der Waals surface area contributed by atoms with Gasteiger partial charge < -0.3 is 9.26 Å². The maximum Gasteiger partial charge on any atom is 0.305 e. The smallest absolute Gasteiger partial charge is 0.305 e. The molecule has 0 aromatic carbocycles. The van der Waals surface area contributed by atoms with E-state index in [2.05, 4.69) is 90.5 Å². The van der Waals surface area contributed by atoms with Gasteiger partial charge in [-0.15, -0.1) is 24.7 Å². The fourth-order valence-corrected chi connectivity index (χ4v) is 4.45. The molecule has 3 unspecified atom stereocenters. The lowest BCUT2D eigenvalue weighted by molar-refractivity contribution is -0.140. The third kappa shape index (κ3) is 19.6. The van der Waals surface area contributed by atoms with Crippen molar-refractivity contribution in [2.45, 2.75) is 91.6 Å². The van der Waals surface area contributed by atoms with Crippen LogP contribution in [0.15, 0.2) is 23.8 Å². The maximum absolute atomic E-state index is 10.7. The van der Waals surface area contributed by atoms with E-state index in [1.165, 1.54) is 31.9 Å². The topological polar surface area (TPSA) is 35.5 Å². The zero-order valence-electron chi connectivity index (χ0n) is 20.1. The molecule has 1 fully saturated rings. The van der Waals surface area contributed by atoms with Gasteiger partial charge >= 0.3 is 5.97 Å². The Morgan fingerprint density at radius 3 is 2.65 bits per heavy atom. The van der Waals surface area contributed by atoms with E-state index in [-0.39, 0.29) is 5.97 Å². The average Bonchev–Trinajstić information content (AvgIpc) is 3.23. The summed E-state index contributed by atoms with van der Waals surface area (Å²) in [6.45, 7) is 9.01. The number of carbonyl (C=O) groups is 1. The molecule has 0 aliphatic heterocycles. The monoisotopic (exact) mass is 560 g/mol. The molecule has 0 radical (unpaired) electrons. The summed E-state index contributed by atoms with van der Waals surface area (Å²) in [5.41, 5.74) is 1.39. The van der Waals surface area contributed by atoms with Gasteiger partial charge in [0.25, 0.3) is 0 Å². The zero-order chi connectivity index (χ0) is 23.9. The van der Waals surface area contributed by atoms with Gasteiger partial charge in [-0.25, -0.2) is 0 Å². The molecule has 0 amide bonds. The number of halogens is 1. The first-order chi connectivity index (χ1) is 15.0. The SMILES string of the molecule is C#C.CC#CCC(C)C/C=C/C1CCC[C@H]1OPI.CCC(C)=CCCCC(=O)OC. The highest BCUT2D eigenvalue weighted by molar-refractivity contribution is 14.2. The lowest BCUT2D eigenvalue weighted by atomic mass is 10.0. The van der Waals surface area contributed by atoms with Crippen molar-refractivity contribution in [1.82, 2.24) is 0 Å². The van der Waals surface area contributed by atoms with Crippen LogP contribution in [-0.2, 0) is 14.1 Å². The number of methoxy groups -OCH3 is 1. The molecule has 0 heterocycles. The maximum atomic E-state index is 10.7. The van der Waals surface area contributed by atoms with E-state index in [0.717, 1.165) is 32.1 Å². The minimum atomic E-state index is -0.113. The van der Waals surface area contributed by atoms with E-state index >= 15 is 0 Å². The third-order valence-corrected chi connectivity index (χ3v) is 6.27. The van der Waals surface area contributed by atoms with Crippen LogP contribution in [0.1, 0.15) is 85.5 Å². The Labute approximate surface area is 206 Å². The van der Waals surface area contributed by atoms with Gasteiger partial charge in [0.1, 0.15) is 0 Å². The lowest BCUT2D eigenvalue weighted by Gasteiger charge is -2.15. The van der Waals surface area contributed by atoms with Crippen LogP contribution in [0.5, 0.6) is 0 Å². The van der Waals surface area contributed by atoms with E-state index < -0.39 is 0 Å². The second kappa shape index (κ2) is 23.8. The molecule has 3 nitrogen and oxygen atoms in total. The molecular weight excluding hydrogens is 518 g/mol. The molecular formula is C26H42IO3P. The fourth-order valence-electron chi connectivity index (χ4n) is 3.06. The van der Waals surface area contributed by atoms with Gasteiger partial charge in [-0.1, -0.05) is 44.1 Å². The number of carbonyl (C=O) groups excluding carboxylic acids is 1. The fraction of sp³-hybridized carbons (Fsp3) is 0.654. The summed E-state index contributed by atoms with van der Waals surface area (Å²) in [6.07, 6.45) is 24.9. The molecule has 0 aromatic rings. The summed E-state index contributed by atoms with van der Waals surface area (Å²) < 4.78 is 10.3. The Morgan fingerprint density at radius 1 is 1.35 bits per heavy atom. The van der Waals surface area contributed by atoms with Crippen molar-refractivity contribution >= 4 is 34.5 Å². The van der Waals surface area contributed by atoms with Crippen LogP contribution in [0.4, 0.5) is 0 Å². The van der Waals surface area contributed by atoms with Crippen LogP contribution in [0, 0.1) is 36.5 Å². The van der Waals surface area contributed by atoms with Crippen molar-refractivity contribution in [3.8, 4) is 24.7 Å². The van der Waals surface area contributed by atoms with Crippen LogP contribution >= 0.6 is 28.5 Å². The number of ether oxygens (including phenoxy) is 1. The van der Waals surface area contributed by atoms with E-state index in [1.54, 1.807) is 0 Å². The summed E-state index contributed by atoms with van der Waals surface area (Å²) in [7, 11) is 1.43. The van der Waals surface area contributed by atoms with Crippen LogP contribution in [0.2, 0.25) is 0 Å². The molecule has 0 spiro atoms. The Balaban J connectivity index is 0. The van der Waals surface area contributed by atoms with Crippen molar-refractivity contribution in [1.29, 1.82) is 0 Å². The highest BCUT2D eigenvalue weighted by Gasteiger charge is 2.25. The number of terminal acetylenes is 1. The normalized spacial score (nSPS) is 19.0. The Kier molecular flexibility index (Phi) is 24.9. The molecule has 31 heavy (non-hydrogen) atoms. The predicted molar refractivity (Wildman–Crippen MR) is 145 cm³/mol. The zero-order valence-corrected chi connectivity index (χ0v) is 23.2. The summed E-state index contributed by atoms with van der Waals surface area (Å²) in [6, 6.07) is 0. The number of esters is 1. The van der Waals surface area contributed by atoms with E-state index in [9.17, 15) is 4.79 Å². The first-order valence-electron chi connectivity index (χ1n) is 11.1. The quantitative estimate of drug-likeness (QED) is 0.0641. The first kappa shape index (κ1) is 32.4. The van der Waals surface area contributed by atoms with Gasteiger partial charge in [-0.05, 0) is 80.3 Å². The second-order valence-electron chi connectivity index (χ2n) is 7.60. The number of hydrogen-bond donors (Lipinski definition) is 0. The number of rotatable bonds is 11. The van der Waals surface area contributed by atoms with Crippen LogP contribution < -0.4 is 0 Å². The van der Waals surface area contributed by atoms with E-state index in [4.69, 9.17) is 4.52 Å². The van der Waals surface area contributed by atoms with Crippen LogP contribution in [0.3, 0.4) is 0 Å². The minimum Gasteiger partial charge on any atom is -0.469 e. The Hall–Kier alpha value is -0.810. The van der Waals surface area contributed by atoms with Crippen molar-refractivity contribution in [3.63, 3.8) is 0 Å². The van der Waals surface area contributed by atoms with Crippen LogP contribution in [0.25, 0.3) is 0 Å². The molecule has 0 aromatic heterocycles. The van der Waals surface area contributed by atoms with Gasteiger partial charge in [0.2, 0.25) is 0 Å².